The van der Waals surface area contributed by atoms with E-state index in [1.165, 1.54) is 7.11 Å². The van der Waals surface area contributed by atoms with Crippen LogP contribution in [-0.2, 0) is 20.0 Å². The number of aromatic nitrogens is 2. The second kappa shape index (κ2) is 5.28. The average Bonchev–Trinajstić information content (AvgIpc) is 3.36. The average molecular weight is 412 g/mol. The van der Waals surface area contributed by atoms with Crippen LogP contribution in [0.5, 0.6) is 0 Å². The van der Waals surface area contributed by atoms with E-state index in [4.69, 9.17) is 9.47 Å². The van der Waals surface area contributed by atoms with Crippen LogP contribution in [0.1, 0.15) is 19.6 Å². The fraction of sp³-hybridized carbons (Fsp3) is 0.240. The lowest BCUT2D eigenvalue weighted by molar-refractivity contribution is -0.202. The maximum absolute atomic E-state index is 13.0. The number of methoxy groups -OCH3 is 1. The van der Waals surface area contributed by atoms with Crippen LogP contribution in [0, 0.1) is 0 Å². The van der Waals surface area contributed by atoms with Crippen LogP contribution in [0.15, 0.2) is 60.7 Å². The SMILES string of the molecule is COC(=O)[C@@]1(O)CC2O[C@]1(C)n1c3ccccc3c3ccc4c5ccccc5n2c4c31. The van der Waals surface area contributed by atoms with Crippen molar-refractivity contribution < 1.29 is 19.4 Å². The van der Waals surface area contributed by atoms with E-state index in [0.29, 0.717) is 0 Å². The third-order valence-corrected chi connectivity index (χ3v) is 7.35. The predicted molar refractivity (Wildman–Crippen MR) is 118 cm³/mol. The topological polar surface area (TPSA) is 65.6 Å². The van der Waals surface area contributed by atoms with Gasteiger partial charge >= 0.3 is 5.97 Å². The molecule has 5 aromatic rings. The highest BCUT2D eigenvalue weighted by atomic mass is 16.6. The number of nitrogens with zero attached hydrogens (tertiary/aromatic N) is 2. The highest BCUT2D eigenvalue weighted by molar-refractivity contribution is 6.23. The molecule has 3 atom stereocenters. The van der Waals surface area contributed by atoms with Gasteiger partial charge < -0.3 is 23.7 Å². The van der Waals surface area contributed by atoms with Gasteiger partial charge in [-0.1, -0.05) is 48.5 Å². The Morgan fingerprint density at radius 3 is 2.29 bits per heavy atom. The second-order valence-corrected chi connectivity index (χ2v) is 8.71. The van der Waals surface area contributed by atoms with Crippen LogP contribution in [0.25, 0.3) is 43.6 Å². The summed E-state index contributed by atoms with van der Waals surface area (Å²) in [7, 11) is 1.31. The largest absolute Gasteiger partial charge is 0.467 e. The van der Waals surface area contributed by atoms with Crippen molar-refractivity contribution in [1.29, 1.82) is 0 Å². The van der Waals surface area contributed by atoms with E-state index in [2.05, 4.69) is 34.9 Å². The molecule has 4 heterocycles. The Kier molecular flexibility index (Phi) is 2.95. The molecule has 1 N–H and O–H groups in total. The van der Waals surface area contributed by atoms with Crippen LogP contribution >= 0.6 is 0 Å². The molecule has 2 aliphatic heterocycles. The summed E-state index contributed by atoms with van der Waals surface area (Å²) in [5.41, 5.74) is 0.782. The fourth-order valence-electron chi connectivity index (χ4n) is 5.94. The number of carbonyl (C=O) groups excluding carboxylic acids is 1. The number of carbonyl (C=O) groups is 1. The van der Waals surface area contributed by atoms with Crippen molar-refractivity contribution in [2.75, 3.05) is 7.11 Å². The van der Waals surface area contributed by atoms with E-state index < -0.39 is 23.5 Å². The molecule has 0 saturated carbocycles. The van der Waals surface area contributed by atoms with Gasteiger partial charge in [-0.15, -0.1) is 0 Å². The molecule has 0 spiro atoms. The summed E-state index contributed by atoms with van der Waals surface area (Å²) in [6, 6.07) is 20.6. The lowest BCUT2D eigenvalue weighted by Crippen LogP contribution is -2.56. The zero-order chi connectivity index (χ0) is 21.1. The molecule has 0 amide bonds. The number of aliphatic hydroxyl groups is 1. The van der Waals surface area contributed by atoms with Gasteiger partial charge in [-0.3, -0.25) is 0 Å². The Bertz CT molecular complexity index is 1600. The summed E-state index contributed by atoms with van der Waals surface area (Å²) >= 11 is 0. The van der Waals surface area contributed by atoms with Crippen molar-refractivity contribution in [2.45, 2.75) is 30.9 Å². The van der Waals surface area contributed by atoms with Crippen LogP contribution in [0.2, 0.25) is 0 Å². The first-order chi connectivity index (χ1) is 15.0. The Morgan fingerprint density at radius 2 is 1.58 bits per heavy atom. The second-order valence-electron chi connectivity index (χ2n) is 8.71. The molecule has 31 heavy (non-hydrogen) atoms. The van der Waals surface area contributed by atoms with Crippen molar-refractivity contribution in [3.05, 3.63) is 60.7 Å². The van der Waals surface area contributed by atoms with E-state index in [9.17, 15) is 9.90 Å². The summed E-state index contributed by atoms with van der Waals surface area (Å²) in [6.07, 6.45) is -0.410. The highest BCUT2D eigenvalue weighted by Crippen LogP contribution is 2.56. The molecular weight excluding hydrogens is 392 g/mol. The Hall–Kier alpha value is -3.35. The van der Waals surface area contributed by atoms with Gasteiger partial charge in [0.25, 0.3) is 0 Å². The summed E-state index contributed by atoms with van der Waals surface area (Å²) in [5.74, 6) is -0.685. The minimum absolute atomic E-state index is 0.103. The number of hydrogen-bond acceptors (Lipinski definition) is 4. The first-order valence-corrected chi connectivity index (χ1v) is 10.4. The van der Waals surface area contributed by atoms with Gasteiger partial charge in [-0.25, -0.2) is 4.79 Å². The van der Waals surface area contributed by atoms with E-state index >= 15 is 0 Å². The van der Waals surface area contributed by atoms with Gasteiger partial charge in [0.05, 0.1) is 29.2 Å². The summed E-state index contributed by atoms with van der Waals surface area (Å²) in [5, 5.41) is 16.2. The van der Waals surface area contributed by atoms with E-state index in [-0.39, 0.29) is 6.42 Å². The molecule has 1 fully saturated rings. The number of para-hydroxylation sites is 2. The minimum atomic E-state index is -1.84. The van der Waals surface area contributed by atoms with Gasteiger partial charge in [0, 0.05) is 28.0 Å². The normalized spacial score (nSPS) is 27.0. The number of benzene rings is 3. The molecule has 6 nitrogen and oxygen atoms in total. The van der Waals surface area contributed by atoms with E-state index in [1.807, 2.05) is 34.9 Å². The molecule has 6 heteroatoms. The quantitative estimate of drug-likeness (QED) is 0.414. The van der Waals surface area contributed by atoms with Gasteiger partial charge in [-0.2, -0.15) is 0 Å². The van der Waals surface area contributed by atoms with Gasteiger partial charge in [-0.05, 0) is 19.1 Å². The number of ether oxygens (including phenoxy) is 2. The monoisotopic (exact) mass is 412 g/mol. The first-order valence-electron chi connectivity index (χ1n) is 10.4. The first kappa shape index (κ1) is 17.3. The summed E-state index contributed by atoms with van der Waals surface area (Å²) in [6.45, 7) is 1.79. The smallest absolute Gasteiger partial charge is 0.343 e. The van der Waals surface area contributed by atoms with Crippen molar-refractivity contribution >= 4 is 49.6 Å². The van der Waals surface area contributed by atoms with Crippen molar-refractivity contribution in [1.82, 2.24) is 9.13 Å². The third-order valence-electron chi connectivity index (χ3n) is 7.35. The molecule has 0 aliphatic carbocycles. The summed E-state index contributed by atoms with van der Waals surface area (Å²) < 4.78 is 15.9. The van der Waals surface area contributed by atoms with E-state index in [0.717, 1.165) is 43.6 Å². The van der Waals surface area contributed by atoms with Crippen LogP contribution in [0.4, 0.5) is 0 Å². The number of rotatable bonds is 1. The summed E-state index contributed by atoms with van der Waals surface area (Å²) in [4.78, 5) is 13.0. The maximum atomic E-state index is 13.0. The molecule has 7 rings (SSSR count). The predicted octanol–water partition coefficient (Wildman–Crippen LogP) is 4.41. The molecule has 0 radical (unpaired) electrons. The van der Waals surface area contributed by atoms with Crippen molar-refractivity contribution in [3.63, 3.8) is 0 Å². The molecule has 2 bridgehead atoms. The molecule has 1 saturated heterocycles. The number of fused-ring (bicyclic) bond motifs is 10. The molecule has 2 aromatic heterocycles. The zero-order valence-electron chi connectivity index (χ0n) is 17.1. The Morgan fingerprint density at radius 1 is 0.968 bits per heavy atom. The third kappa shape index (κ3) is 1.73. The van der Waals surface area contributed by atoms with E-state index in [1.54, 1.807) is 6.92 Å². The van der Waals surface area contributed by atoms with Gasteiger partial charge in [0.2, 0.25) is 5.60 Å². The van der Waals surface area contributed by atoms with Crippen molar-refractivity contribution in [2.24, 2.45) is 0 Å². The lowest BCUT2D eigenvalue weighted by Gasteiger charge is -2.37. The lowest BCUT2D eigenvalue weighted by atomic mass is 9.89. The molecule has 154 valence electrons. The van der Waals surface area contributed by atoms with Crippen LogP contribution in [-0.4, -0.2) is 32.9 Å². The Balaban J connectivity index is 1.80. The van der Waals surface area contributed by atoms with Gasteiger partial charge in [0.15, 0.2) is 5.72 Å². The number of esters is 1. The standard InChI is InChI=1S/C25H20N2O4/c1-24-25(29,23(28)30-2)13-20(31-24)26-18-9-5-3-7-14(18)16-11-12-17-15-8-4-6-10-19(15)27(24)22(17)21(16)26/h3-12,20,29H,13H2,1-2H3/t20?,24-,25-/m0/s1. The van der Waals surface area contributed by atoms with Crippen molar-refractivity contribution in [3.8, 4) is 0 Å². The minimum Gasteiger partial charge on any atom is -0.467 e. The van der Waals surface area contributed by atoms with Gasteiger partial charge in [0.1, 0.15) is 6.23 Å². The molecule has 2 aliphatic rings. The molecule has 3 aromatic carbocycles. The Labute approximate surface area is 177 Å². The zero-order valence-corrected chi connectivity index (χ0v) is 17.1. The fourth-order valence-corrected chi connectivity index (χ4v) is 5.94. The molecule has 1 unspecified atom stereocenters. The van der Waals surface area contributed by atoms with Crippen LogP contribution in [0.3, 0.4) is 0 Å². The molecular formula is C25H20N2O4. The highest BCUT2D eigenvalue weighted by Gasteiger charge is 2.65. The van der Waals surface area contributed by atoms with Crippen LogP contribution < -0.4 is 0 Å². The maximum Gasteiger partial charge on any atom is 0.343 e. The number of hydrogen-bond donors (Lipinski definition) is 1.